The first-order valence-electron chi connectivity index (χ1n) is 10.2. The highest BCUT2D eigenvalue weighted by Gasteiger charge is 2.26. The van der Waals surface area contributed by atoms with Crippen molar-refractivity contribution in [2.24, 2.45) is 5.73 Å². The van der Waals surface area contributed by atoms with E-state index >= 15 is 0 Å². The van der Waals surface area contributed by atoms with Crippen LogP contribution in [-0.2, 0) is 4.79 Å². The molecular formula is C21H27N7O2. The molecule has 0 spiro atoms. The number of primary amides is 1. The van der Waals surface area contributed by atoms with Gasteiger partial charge in [-0.1, -0.05) is 0 Å². The summed E-state index contributed by atoms with van der Waals surface area (Å²) >= 11 is 0. The Balaban J connectivity index is 1.45. The third kappa shape index (κ3) is 4.45. The minimum atomic E-state index is -0.548. The van der Waals surface area contributed by atoms with Gasteiger partial charge in [0.05, 0.1) is 5.56 Å². The van der Waals surface area contributed by atoms with Crippen molar-refractivity contribution in [3.8, 4) is 0 Å². The van der Waals surface area contributed by atoms with E-state index in [1.165, 1.54) is 6.20 Å². The zero-order valence-electron chi connectivity index (χ0n) is 17.3. The zero-order valence-corrected chi connectivity index (χ0v) is 17.3. The molecule has 2 amide bonds. The maximum absolute atomic E-state index is 11.6. The summed E-state index contributed by atoms with van der Waals surface area (Å²) in [5.41, 5.74) is 7.68. The summed E-state index contributed by atoms with van der Waals surface area (Å²) in [6, 6.07) is 8.63. The van der Waals surface area contributed by atoms with Gasteiger partial charge in [-0.25, -0.2) is 4.98 Å². The van der Waals surface area contributed by atoms with Crippen LogP contribution < -0.4 is 21.3 Å². The molecule has 2 aliphatic rings. The van der Waals surface area contributed by atoms with Crippen LogP contribution in [0.25, 0.3) is 0 Å². The lowest BCUT2D eigenvalue weighted by atomic mass is 10.1. The van der Waals surface area contributed by atoms with Crippen LogP contribution in [0.2, 0.25) is 0 Å². The van der Waals surface area contributed by atoms with Crippen LogP contribution in [0.1, 0.15) is 37.0 Å². The van der Waals surface area contributed by atoms with E-state index in [1.54, 1.807) is 6.92 Å². The summed E-state index contributed by atoms with van der Waals surface area (Å²) in [5.74, 6) is 0.447. The van der Waals surface area contributed by atoms with Crippen LogP contribution in [0.3, 0.4) is 0 Å². The Bertz CT molecular complexity index is 943. The van der Waals surface area contributed by atoms with E-state index in [2.05, 4.69) is 32.4 Å². The number of benzene rings is 1. The minimum Gasteiger partial charge on any atom is -0.367 e. The van der Waals surface area contributed by atoms with E-state index in [4.69, 9.17) is 5.73 Å². The Morgan fingerprint density at radius 1 is 1.17 bits per heavy atom. The van der Waals surface area contributed by atoms with Crippen molar-refractivity contribution in [3.05, 3.63) is 36.0 Å². The minimum absolute atomic E-state index is 0.124. The van der Waals surface area contributed by atoms with Gasteiger partial charge in [-0.15, -0.1) is 0 Å². The molecule has 30 heavy (non-hydrogen) atoms. The number of carbonyl (C=O) groups excluding carboxylic acids is 2. The van der Waals surface area contributed by atoms with Crippen molar-refractivity contribution in [3.63, 3.8) is 0 Å². The summed E-state index contributed by atoms with van der Waals surface area (Å²) in [7, 11) is 0. The standard InChI is InChI=1S/C21H27N7O2/c1-13-12-27(14(2)29)9-10-28(13)17-7-5-16(6-8-17)25-21-23-11-18(19(22)30)20(26-21)24-15-3-4-15/h5-8,11,13,15H,3-4,9-10,12H2,1-2H3,(H2,22,30)(H2,23,24,25,26)/t13-/m1/s1. The molecule has 158 valence electrons. The van der Waals surface area contributed by atoms with Crippen molar-refractivity contribution < 1.29 is 9.59 Å². The number of nitrogens with two attached hydrogens (primary N) is 1. The maximum Gasteiger partial charge on any atom is 0.254 e. The molecule has 2 heterocycles. The number of amides is 2. The van der Waals surface area contributed by atoms with E-state index in [0.29, 0.717) is 23.4 Å². The van der Waals surface area contributed by atoms with Gasteiger partial charge < -0.3 is 26.2 Å². The molecule has 1 aliphatic heterocycles. The second-order valence-corrected chi connectivity index (χ2v) is 7.92. The van der Waals surface area contributed by atoms with Crippen LogP contribution in [0.15, 0.2) is 30.5 Å². The molecule has 0 radical (unpaired) electrons. The fraction of sp³-hybridized carbons (Fsp3) is 0.429. The Morgan fingerprint density at radius 3 is 2.50 bits per heavy atom. The van der Waals surface area contributed by atoms with Crippen LogP contribution in [0, 0.1) is 0 Å². The largest absolute Gasteiger partial charge is 0.367 e. The smallest absolute Gasteiger partial charge is 0.254 e. The predicted molar refractivity (Wildman–Crippen MR) is 116 cm³/mol. The molecule has 4 rings (SSSR count). The van der Waals surface area contributed by atoms with Gasteiger partial charge >= 0.3 is 0 Å². The molecule has 1 atom stereocenters. The van der Waals surface area contributed by atoms with Gasteiger partial charge in [0.15, 0.2) is 0 Å². The number of anilines is 4. The molecule has 0 unspecified atom stereocenters. The predicted octanol–water partition coefficient (Wildman–Crippen LogP) is 1.95. The van der Waals surface area contributed by atoms with Crippen molar-refractivity contribution in [1.82, 2.24) is 14.9 Å². The molecule has 4 N–H and O–H groups in total. The van der Waals surface area contributed by atoms with Crippen molar-refractivity contribution in [2.45, 2.75) is 38.8 Å². The van der Waals surface area contributed by atoms with E-state index in [-0.39, 0.29) is 11.9 Å². The molecule has 1 saturated carbocycles. The monoisotopic (exact) mass is 409 g/mol. The summed E-state index contributed by atoms with van der Waals surface area (Å²) < 4.78 is 0. The number of hydrogen-bond acceptors (Lipinski definition) is 7. The van der Waals surface area contributed by atoms with Gasteiger partial charge in [-0.05, 0) is 44.0 Å². The first-order chi connectivity index (χ1) is 14.4. The number of carbonyl (C=O) groups is 2. The van der Waals surface area contributed by atoms with Gasteiger partial charge in [0, 0.05) is 56.2 Å². The highest BCUT2D eigenvalue weighted by Crippen LogP contribution is 2.27. The molecule has 9 nitrogen and oxygen atoms in total. The second kappa shape index (κ2) is 8.17. The number of hydrogen-bond donors (Lipinski definition) is 3. The summed E-state index contributed by atoms with van der Waals surface area (Å²) in [6.07, 6.45) is 3.57. The molecule has 1 saturated heterocycles. The molecular weight excluding hydrogens is 382 g/mol. The fourth-order valence-corrected chi connectivity index (χ4v) is 3.65. The summed E-state index contributed by atoms with van der Waals surface area (Å²) in [6.45, 7) is 6.01. The SMILES string of the molecule is CC(=O)N1CCN(c2ccc(Nc3ncc(C(N)=O)c(NC4CC4)n3)cc2)[C@H](C)C1. The lowest BCUT2D eigenvalue weighted by Crippen LogP contribution is -2.53. The average Bonchev–Trinajstić information content (AvgIpc) is 3.52. The normalized spacial score (nSPS) is 18.8. The molecule has 0 bridgehead atoms. The van der Waals surface area contributed by atoms with Crippen molar-refractivity contribution in [2.75, 3.05) is 35.2 Å². The first kappa shape index (κ1) is 19.9. The highest BCUT2D eigenvalue weighted by molar-refractivity contribution is 5.97. The number of aromatic nitrogens is 2. The topological polar surface area (TPSA) is 116 Å². The van der Waals surface area contributed by atoms with E-state index < -0.39 is 5.91 Å². The lowest BCUT2D eigenvalue weighted by Gasteiger charge is -2.41. The van der Waals surface area contributed by atoms with Gasteiger partial charge in [0.2, 0.25) is 11.9 Å². The number of rotatable bonds is 6. The Hall–Kier alpha value is -3.36. The van der Waals surface area contributed by atoms with E-state index in [9.17, 15) is 9.59 Å². The van der Waals surface area contributed by atoms with Gasteiger partial charge in [0.1, 0.15) is 5.82 Å². The highest BCUT2D eigenvalue weighted by atomic mass is 16.2. The summed E-state index contributed by atoms with van der Waals surface area (Å²) in [5, 5.41) is 6.42. The molecule has 1 aliphatic carbocycles. The third-order valence-corrected chi connectivity index (χ3v) is 5.50. The van der Waals surface area contributed by atoms with Gasteiger partial charge in [-0.3, -0.25) is 9.59 Å². The van der Waals surface area contributed by atoms with Crippen LogP contribution in [0.4, 0.5) is 23.1 Å². The molecule has 2 aromatic rings. The fourth-order valence-electron chi connectivity index (χ4n) is 3.65. The third-order valence-electron chi connectivity index (χ3n) is 5.50. The van der Waals surface area contributed by atoms with Crippen LogP contribution in [-0.4, -0.2) is 58.4 Å². The first-order valence-corrected chi connectivity index (χ1v) is 10.2. The molecule has 9 heteroatoms. The Morgan fingerprint density at radius 2 is 1.90 bits per heavy atom. The van der Waals surface area contributed by atoms with E-state index in [0.717, 1.165) is 43.9 Å². The van der Waals surface area contributed by atoms with Gasteiger partial charge in [-0.2, -0.15) is 4.98 Å². The molecule has 1 aromatic carbocycles. The van der Waals surface area contributed by atoms with Crippen LogP contribution in [0.5, 0.6) is 0 Å². The number of piperazine rings is 1. The molecule has 1 aromatic heterocycles. The Labute approximate surface area is 175 Å². The van der Waals surface area contributed by atoms with Crippen LogP contribution >= 0.6 is 0 Å². The number of nitrogens with one attached hydrogen (secondary N) is 2. The maximum atomic E-state index is 11.6. The van der Waals surface area contributed by atoms with Crippen molar-refractivity contribution >= 4 is 35.0 Å². The average molecular weight is 409 g/mol. The Kier molecular flexibility index (Phi) is 5.43. The summed E-state index contributed by atoms with van der Waals surface area (Å²) in [4.78, 5) is 36.1. The molecule has 2 fully saturated rings. The second-order valence-electron chi connectivity index (χ2n) is 7.92. The lowest BCUT2D eigenvalue weighted by molar-refractivity contribution is -0.129. The van der Waals surface area contributed by atoms with E-state index in [1.807, 2.05) is 29.2 Å². The zero-order chi connectivity index (χ0) is 21.3. The quantitative estimate of drug-likeness (QED) is 0.668. The van der Waals surface area contributed by atoms with Gasteiger partial charge in [0.25, 0.3) is 5.91 Å². The number of nitrogens with zero attached hydrogens (tertiary/aromatic N) is 4. The van der Waals surface area contributed by atoms with Crippen molar-refractivity contribution in [1.29, 1.82) is 0 Å².